The molecule has 2 atom stereocenters. The second-order valence-corrected chi connectivity index (χ2v) is 8.08. The van der Waals surface area contributed by atoms with Crippen molar-refractivity contribution in [1.29, 1.82) is 0 Å². The van der Waals surface area contributed by atoms with Crippen LogP contribution in [-0.4, -0.2) is 48.3 Å². The van der Waals surface area contributed by atoms with Crippen molar-refractivity contribution in [2.45, 2.75) is 45.1 Å². The van der Waals surface area contributed by atoms with Gasteiger partial charge in [-0.2, -0.15) is 0 Å². The van der Waals surface area contributed by atoms with Crippen molar-refractivity contribution in [3.63, 3.8) is 0 Å². The topological polar surface area (TPSA) is 69.7 Å². The molecule has 2 heterocycles. The van der Waals surface area contributed by atoms with E-state index in [4.69, 9.17) is 0 Å². The smallest absolute Gasteiger partial charge is 0.239 e. The van der Waals surface area contributed by atoms with Crippen molar-refractivity contribution in [1.82, 2.24) is 10.2 Å². The van der Waals surface area contributed by atoms with Crippen LogP contribution in [-0.2, 0) is 14.4 Å². The normalized spacial score (nSPS) is 22.8. The fourth-order valence-electron chi connectivity index (χ4n) is 3.86. The number of carbonyl (C=O) groups is 3. The molecule has 0 aliphatic carbocycles. The molecule has 1 aromatic carbocycles. The van der Waals surface area contributed by atoms with E-state index in [1.807, 2.05) is 31.2 Å². The first kappa shape index (κ1) is 19.9. The van der Waals surface area contributed by atoms with Crippen LogP contribution in [0, 0.1) is 5.92 Å². The van der Waals surface area contributed by atoms with Crippen LogP contribution in [0.2, 0.25) is 0 Å². The lowest BCUT2D eigenvalue weighted by Gasteiger charge is -2.34. The predicted molar refractivity (Wildman–Crippen MR) is 107 cm³/mol. The summed E-state index contributed by atoms with van der Waals surface area (Å²) in [5.74, 6) is -0.830. The number of hydrogen-bond acceptors (Lipinski definition) is 3. The van der Waals surface area contributed by atoms with E-state index in [1.54, 1.807) is 9.80 Å². The maximum Gasteiger partial charge on any atom is 0.239 e. The van der Waals surface area contributed by atoms with Gasteiger partial charge >= 0.3 is 0 Å². The van der Waals surface area contributed by atoms with Gasteiger partial charge in [0.25, 0.3) is 0 Å². The SMILES string of the molecule is CCCC(=O)N[C@@H]1CCCN(C(=O)[C@@H]2CCN(c3ccccc3Br)C2=O)C1. The average Bonchev–Trinajstić information content (AvgIpc) is 3.03. The lowest BCUT2D eigenvalue weighted by Crippen LogP contribution is -2.51. The lowest BCUT2D eigenvalue weighted by molar-refractivity contribution is -0.141. The van der Waals surface area contributed by atoms with Gasteiger partial charge in [0, 0.05) is 36.6 Å². The van der Waals surface area contributed by atoms with Gasteiger partial charge in [-0.25, -0.2) is 0 Å². The molecule has 7 heteroatoms. The number of hydrogen-bond donors (Lipinski definition) is 1. The standard InChI is InChI=1S/C20H26BrN3O3/c1-2-6-18(25)22-14-7-5-11-23(13-14)19(26)15-10-12-24(20(15)27)17-9-4-3-8-16(17)21/h3-4,8-9,14-15H,2,5-7,10-13H2,1H3,(H,22,25)/t14-,15+/m1/s1. The largest absolute Gasteiger partial charge is 0.352 e. The second-order valence-electron chi connectivity index (χ2n) is 7.22. The Balaban J connectivity index is 1.63. The third-order valence-electron chi connectivity index (χ3n) is 5.22. The van der Waals surface area contributed by atoms with Gasteiger partial charge in [0.05, 0.1) is 5.69 Å². The molecule has 0 saturated carbocycles. The summed E-state index contributed by atoms with van der Waals surface area (Å²) in [6.45, 7) is 3.66. The first-order valence-corrected chi connectivity index (χ1v) is 10.4. The third-order valence-corrected chi connectivity index (χ3v) is 5.89. The molecule has 2 aliphatic rings. The van der Waals surface area contributed by atoms with Crippen LogP contribution in [0.3, 0.4) is 0 Å². The summed E-state index contributed by atoms with van der Waals surface area (Å²) < 4.78 is 0.850. The Hall–Kier alpha value is -1.89. The summed E-state index contributed by atoms with van der Waals surface area (Å²) in [7, 11) is 0. The molecule has 27 heavy (non-hydrogen) atoms. The second kappa shape index (κ2) is 8.87. The molecule has 0 aromatic heterocycles. The number of piperidine rings is 1. The van der Waals surface area contributed by atoms with Crippen LogP contribution in [0.5, 0.6) is 0 Å². The molecule has 1 aromatic rings. The molecule has 3 rings (SSSR count). The van der Waals surface area contributed by atoms with Crippen molar-refractivity contribution >= 4 is 39.3 Å². The van der Waals surface area contributed by atoms with Gasteiger partial charge in [-0.3, -0.25) is 14.4 Å². The van der Waals surface area contributed by atoms with Crippen LogP contribution < -0.4 is 10.2 Å². The molecule has 2 fully saturated rings. The Labute approximate surface area is 168 Å². The van der Waals surface area contributed by atoms with Crippen molar-refractivity contribution in [3.8, 4) is 0 Å². The summed E-state index contributed by atoms with van der Waals surface area (Å²) in [4.78, 5) is 41.2. The molecule has 0 spiro atoms. The first-order chi connectivity index (χ1) is 13.0. The third kappa shape index (κ3) is 4.51. The number of likely N-dealkylation sites (tertiary alicyclic amines) is 1. The molecule has 146 valence electrons. The molecule has 2 aliphatic heterocycles. The fraction of sp³-hybridized carbons (Fsp3) is 0.550. The maximum absolute atomic E-state index is 13.0. The van der Waals surface area contributed by atoms with Crippen molar-refractivity contribution in [3.05, 3.63) is 28.7 Å². The van der Waals surface area contributed by atoms with Crippen LogP contribution in [0.25, 0.3) is 0 Å². The Morgan fingerprint density at radius 2 is 2.00 bits per heavy atom. The van der Waals surface area contributed by atoms with Gasteiger partial charge in [-0.05, 0) is 53.7 Å². The molecule has 0 radical (unpaired) electrons. The molecule has 3 amide bonds. The van der Waals surface area contributed by atoms with Crippen LogP contribution >= 0.6 is 15.9 Å². The quantitative estimate of drug-likeness (QED) is 0.722. The fourth-order valence-corrected chi connectivity index (χ4v) is 4.36. The number of halogens is 1. The van der Waals surface area contributed by atoms with E-state index in [0.717, 1.165) is 29.4 Å². The highest BCUT2D eigenvalue weighted by Gasteiger charge is 2.41. The highest BCUT2D eigenvalue weighted by Crippen LogP contribution is 2.32. The zero-order valence-electron chi connectivity index (χ0n) is 15.6. The number of anilines is 1. The number of amides is 3. The summed E-state index contributed by atoms with van der Waals surface area (Å²) >= 11 is 3.48. The Morgan fingerprint density at radius 1 is 1.22 bits per heavy atom. The summed E-state index contributed by atoms with van der Waals surface area (Å²) in [6, 6.07) is 7.55. The first-order valence-electron chi connectivity index (χ1n) is 9.65. The zero-order valence-corrected chi connectivity index (χ0v) is 17.2. The minimum absolute atomic E-state index is 0.0161. The number of para-hydroxylation sites is 1. The van der Waals surface area contributed by atoms with E-state index in [2.05, 4.69) is 21.2 Å². The molecular weight excluding hydrogens is 410 g/mol. The molecule has 2 saturated heterocycles. The van der Waals surface area contributed by atoms with E-state index in [-0.39, 0.29) is 23.8 Å². The van der Waals surface area contributed by atoms with Gasteiger partial charge in [0.2, 0.25) is 17.7 Å². The van der Waals surface area contributed by atoms with Crippen molar-refractivity contribution < 1.29 is 14.4 Å². The van der Waals surface area contributed by atoms with Gasteiger partial charge < -0.3 is 15.1 Å². The molecule has 0 unspecified atom stereocenters. The van der Waals surface area contributed by atoms with E-state index < -0.39 is 5.92 Å². The maximum atomic E-state index is 13.0. The van der Waals surface area contributed by atoms with E-state index in [1.165, 1.54) is 0 Å². The van der Waals surface area contributed by atoms with Crippen LogP contribution in [0.15, 0.2) is 28.7 Å². The number of rotatable bonds is 5. The molecule has 0 bridgehead atoms. The molecular formula is C20H26BrN3O3. The summed E-state index contributed by atoms with van der Waals surface area (Å²) in [6.07, 6.45) is 3.57. The van der Waals surface area contributed by atoms with Crippen LogP contribution in [0.1, 0.15) is 39.0 Å². The van der Waals surface area contributed by atoms with Crippen LogP contribution in [0.4, 0.5) is 5.69 Å². The minimum Gasteiger partial charge on any atom is -0.352 e. The number of nitrogens with one attached hydrogen (secondary N) is 1. The molecule has 1 N–H and O–H groups in total. The van der Waals surface area contributed by atoms with Gasteiger partial charge in [0.1, 0.15) is 5.92 Å². The Bertz CT molecular complexity index is 724. The highest BCUT2D eigenvalue weighted by molar-refractivity contribution is 9.10. The summed E-state index contributed by atoms with van der Waals surface area (Å²) in [5.41, 5.74) is 0.807. The number of carbonyl (C=O) groups excluding carboxylic acids is 3. The average molecular weight is 436 g/mol. The minimum atomic E-state index is -0.623. The number of benzene rings is 1. The Morgan fingerprint density at radius 3 is 2.74 bits per heavy atom. The van der Waals surface area contributed by atoms with Gasteiger partial charge in [0.15, 0.2) is 0 Å². The van der Waals surface area contributed by atoms with Gasteiger partial charge in [-0.15, -0.1) is 0 Å². The number of nitrogens with zero attached hydrogens (tertiary/aromatic N) is 2. The van der Waals surface area contributed by atoms with E-state index in [0.29, 0.717) is 32.5 Å². The molecule has 6 nitrogen and oxygen atoms in total. The lowest BCUT2D eigenvalue weighted by atomic mass is 10.0. The van der Waals surface area contributed by atoms with E-state index in [9.17, 15) is 14.4 Å². The van der Waals surface area contributed by atoms with E-state index >= 15 is 0 Å². The predicted octanol–water partition coefficient (Wildman–Crippen LogP) is 2.71. The highest BCUT2D eigenvalue weighted by atomic mass is 79.9. The zero-order chi connectivity index (χ0) is 19.4. The van der Waals surface area contributed by atoms with Crippen molar-refractivity contribution in [2.24, 2.45) is 5.92 Å². The van der Waals surface area contributed by atoms with Gasteiger partial charge in [-0.1, -0.05) is 19.1 Å². The van der Waals surface area contributed by atoms with Crippen molar-refractivity contribution in [2.75, 3.05) is 24.5 Å². The summed E-state index contributed by atoms with van der Waals surface area (Å²) in [5, 5.41) is 3.01. The Kier molecular flexibility index (Phi) is 6.52. The monoisotopic (exact) mass is 435 g/mol.